The largest absolute Gasteiger partial charge is 0.326 e. The van der Waals surface area contributed by atoms with Crippen LogP contribution in [-0.2, 0) is 4.79 Å². The molecule has 0 bridgehead atoms. The van der Waals surface area contributed by atoms with Crippen LogP contribution in [0.5, 0.6) is 0 Å². The number of hydrogen-bond donors (Lipinski definition) is 1. The molecule has 1 aliphatic heterocycles. The van der Waals surface area contributed by atoms with E-state index in [1.54, 1.807) is 12.2 Å². The summed E-state index contributed by atoms with van der Waals surface area (Å²) < 4.78 is 0. The molecule has 1 saturated heterocycles. The number of carbonyl (C=O) groups is 1. The highest BCUT2D eigenvalue weighted by Crippen LogP contribution is 2.16. The van der Waals surface area contributed by atoms with Crippen LogP contribution in [0.1, 0.15) is 40.5 Å². The van der Waals surface area contributed by atoms with Gasteiger partial charge in [-0.3, -0.25) is 4.79 Å². The molecule has 0 saturated carbocycles. The fourth-order valence-electron chi connectivity index (χ4n) is 0.978. The van der Waals surface area contributed by atoms with Crippen molar-refractivity contribution in [3.8, 4) is 0 Å². The summed E-state index contributed by atoms with van der Waals surface area (Å²) in [5.74, 6) is 0.0606. The molecule has 2 heteroatoms. The van der Waals surface area contributed by atoms with E-state index in [9.17, 15) is 4.79 Å². The van der Waals surface area contributed by atoms with Gasteiger partial charge in [0.15, 0.2) is 0 Å². The Kier molecular flexibility index (Phi) is 11.6. The van der Waals surface area contributed by atoms with E-state index in [0.29, 0.717) is 6.42 Å². The van der Waals surface area contributed by atoms with E-state index in [-0.39, 0.29) is 5.91 Å². The molecular weight excluding hydrogens is 186 g/mol. The highest BCUT2D eigenvalue weighted by molar-refractivity contribution is 5.81. The zero-order valence-corrected chi connectivity index (χ0v) is 10.4. The Morgan fingerprint density at radius 2 is 1.73 bits per heavy atom. The van der Waals surface area contributed by atoms with Gasteiger partial charge in [0.25, 0.3) is 0 Å². The molecule has 0 aliphatic carbocycles. The zero-order valence-electron chi connectivity index (χ0n) is 10.4. The van der Waals surface area contributed by atoms with Gasteiger partial charge in [0.1, 0.15) is 0 Å². The van der Waals surface area contributed by atoms with Gasteiger partial charge in [-0.15, -0.1) is 0 Å². The summed E-state index contributed by atoms with van der Waals surface area (Å²) in [4.78, 5) is 10.9. The highest BCUT2D eigenvalue weighted by Gasteiger charge is 2.13. The molecule has 0 aromatic rings. The van der Waals surface area contributed by atoms with Gasteiger partial charge in [-0.1, -0.05) is 46.9 Å². The highest BCUT2D eigenvalue weighted by atomic mass is 16.1. The lowest BCUT2D eigenvalue weighted by atomic mass is 10.0. The minimum Gasteiger partial charge on any atom is -0.326 e. The molecule has 1 fully saturated rings. The molecular formula is C13H23NO. The van der Waals surface area contributed by atoms with E-state index in [1.807, 2.05) is 27.7 Å². The second-order valence-electron chi connectivity index (χ2n) is 2.47. The van der Waals surface area contributed by atoms with Crippen LogP contribution in [-0.4, -0.2) is 5.91 Å². The monoisotopic (exact) mass is 209 g/mol. The number of piperidine rings is 1. The molecule has 0 spiro atoms. The molecule has 0 atom stereocenters. The summed E-state index contributed by atoms with van der Waals surface area (Å²) in [5.41, 5.74) is 1.78. The van der Waals surface area contributed by atoms with Crippen LogP contribution in [0.15, 0.2) is 36.6 Å². The first kappa shape index (κ1) is 16.1. The summed E-state index contributed by atoms with van der Waals surface area (Å²) >= 11 is 0. The maximum absolute atomic E-state index is 10.9. The van der Waals surface area contributed by atoms with E-state index in [1.165, 1.54) is 0 Å². The third kappa shape index (κ3) is 6.72. The maximum Gasteiger partial charge on any atom is 0.224 e. The number of carbonyl (C=O) groups excluding carboxylic acids is 1. The van der Waals surface area contributed by atoms with Crippen LogP contribution in [0.3, 0.4) is 0 Å². The Hall–Kier alpha value is -1.31. The quantitative estimate of drug-likeness (QED) is 0.702. The Labute approximate surface area is 93.8 Å². The number of amides is 1. The Morgan fingerprint density at radius 3 is 2.20 bits per heavy atom. The first-order chi connectivity index (χ1) is 7.24. The second-order valence-corrected chi connectivity index (χ2v) is 2.47. The summed E-state index contributed by atoms with van der Waals surface area (Å²) in [5, 5.41) is 2.72. The van der Waals surface area contributed by atoms with Crippen molar-refractivity contribution >= 4 is 5.91 Å². The van der Waals surface area contributed by atoms with Crippen LogP contribution in [0.2, 0.25) is 0 Å². The van der Waals surface area contributed by atoms with Gasteiger partial charge in [0.05, 0.1) is 0 Å². The molecule has 0 aromatic heterocycles. The van der Waals surface area contributed by atoms with Crippen LogP contribution in [0.4, 0.5) is 0 Å². The molecule has 15 heavy (non-hydrogen) atoms. The van der Waals surface area contributed by atoms with Crippen LogP contribution >= 0.6 is 0 Å². The topological polar surface area (TPSA) is 29.1 Å². The van der Waals surface area contributed by atoms with Gasteiger partial charge in [0, 0.05) is 12.1 Å². The van der Waals surface area contributed by atoms with Crippen molar-refractivity contribution in [1.29, 1.82) is 0 Å². The van der Waals surface area contributed by atoms with E-state index in [2.05, 4.69) is 18.5 Å². The van der Waals surface area contributed by atoms with Crippen molar-refractivity contribution in [2.45, 2.75) is 40.5 Å². The fourth-order valence-corrected chi connectivity index (χ4v) is 0.978. The van der Waals surface area contributed by atoms with Crippen molar-refractivity contribution in [2.75, 3.05) is 0 Å². The first-order valence-corrected chi connectivity index (χ1v) is 5.55. The maximum atomic E-state index is 10.9. The molecule has 1 rings (SSSR count). The number of allylic oxidation sites excluding steroid dienone is 3. The summed E-state index contributed by atoms with van der Waals surface area (Å²) in [7, 11) is 0. The van der Waals surface area contributed by atoms with Crippen molar-refractivity contribution in [1.82, 2.24) is 5.32 Å². The van der Waals surface area contributed by atoms with E-state index < -0.39 is 0 Å². The fraction of sp³-hybridized carbons (Fsp3) is 0.462. The second kappa shape index (κ2) is 10.8. The Balaban J connectivity index is 0. The van der Waals surface area contributed by atoms with E-state index in [4.69, 9.17) is 0 Å². The van der Waals surface area contributed by atoms with E-state index in [0.717, 1.165) is 17.7 Å². The average molecular weight is 209 g/mol. The van der Waals surface area contributed by atoms with Crippen molar-refractivity contribution in [2.24, 2.45) is 0 Å². The molecule has 1 N–H and O–H groups in total. The van der Waals surface area contributed by atoms with Gasteiger partial charge in [-0.05, 0) is 18.1 Å². The normalized spacial score (nSPS) is 16.7. The predicted octanol–water partition coefficient (Wildman–Crippen LogP) is 3.57. The van der Waals surface area contributed by atoms with Gasteiger partial charge in [-0.25, -0.2) is 0 Å². The number of nitrogens with one attached hydrogen (secondary N) is 1. The summed E-state index contributed by atoms with van der Waals surface area (Å²) in [6.07, 6.45) is 4.71. The van der Waals surface area contributed by atoms with Gasteiger partial charge >= 0.3 is 0 Å². The van der Waals surface area contributed by atoms with Crippen LogP contribution in [0, 0.1) is 0 Å². The van der Waals surface area contributed by atoms with Gasteiger partial charge in [-0.2, -0.15) is 0 Å². The first-order valence-electron chi connectivity index (χ1n) is 5.55. The van der Waals surface area contributed by atoms with Crippen molar-refractivity contribution in [3.63, 3.8) is 0 Å². The van der Waals surface area contributed by atoms with Crippen molar-refractivity contribution < 1.29 is 4.79 Å². The molecule has 86 valence electrons. The Bertz CT molecular complexity index is 239. The molecule has 1 heterocycles. The molecule has 1 amide bonds. The Morgan fingerprint density at radius 1 is 1.20 bits per heavy atom. The van der Waals surface area contributed by atoms with Crippen LogP contribution in [0.25, 0.3) is 0 Å². The smallest absolute Gasteiger partial charge is 0.224 e. The molecule has 2 nitrogen and oxygen atoms in total. The summed E-state index contributed by atoms with van der Waals surface area (Å²) in [6, 6.07) is 0. The van der Waals surface area contributed by atoms with E-state index >= 15 is 0 Å². The molecule has 0 aromatic carbocycles. The zero-order chi connectivity index (χ0) is 12.3. The van der Waals surface area contributed by atoms with Gasteiger partial charge in [0.2, 0.25) is 5.91 Å². The molecule has 0 radical (unpaired) electrons. The molecule has 1 aliphatic rings. The lowest BCUT2D eigenvalue weighted by Crippen LogP contribution is -2.27. The van der Waals surface area contributed by atoms with Crippen LogP contribution < -0.4 is 5.32 Å². The standard InChI is InChI=1S/C9H11NO.2C2H6/c1-3-4-8-7(2)5-6-9(11)10-8;2*1-2/h3-4H,1-2,5-6H2,(H,10,11);2*1-2H3/b8-4+;;. The van der Waals surface area contributed by atoms with Gasteiger partial charge < -0.3 is 5.32 Å². The SMILES string of the molecule is C=C/C=C1/NC(=O)CCC1=C.CC.CC. The lowest BCUT2D eigenvalue weighted by molar-refractivity contribution is -0.120. The lowest BCUT2D eigenvalue weighted by Gasteiger charge is -2.17. The number of hydrogen-bond acceptors (Lipinski definition) is 1. The summed E-state index contributed by atoms with van der Waals surface area (Å²) in [6.45, 7) is 15.4. The minimum atomic E-state index is 0.0606. The number of rotatable bonds is 1. The minimum absolute atomic E-state index is 0.0606. The molecule has 0 unspecified atom stereocenters. The third-order valence-electron chi connectivity index (χ3n) is 1.59. The predicted molar refractivity (Wildman–Crippen MR) is 67.5 cm³/mol. The van der Waals surface area contributed by atoms with Crippen molar-refractivity contribution in [3.05, 3.63) is 36.6 Å². The third-order valence-corrected chi connectivity index (χ3v) is 1.59. The average Bonchev–Trinajstić information content (AvgIpc) is 2.29.